The van der Waals surface area contributed by atoms with Gasteiger partial charge in [-0.2, -0.15) is 17.6 Å². The Balaban J connectivity index is 2.05. The highest BCUT2D eigenvalue weighted by Crippen LogP contribution is 2.32. The molecule has 7 nitrogen and oxygen atoms in total. The zero-order chi connectivity index (χ0) is 16.8. The predicted molar refractivity (Wildman–Crippen MR) is 90.4 cm³/mol. The first-order chi connectivity index (χ1) is 10.8. The van der Waals surface area contributed by atoms with Crippen molar-refractivity contribution in [2.24, 2.45) is 7.05 Å². The van der Waals surface area contributed by atoms with Crippen molar-refractivity contribution >= 4 is 33.1 Å². The van der Waals surface area contributed by atoms with E-state index in [1.54, 1.807) is 32.0 Å². The number of thiophene rings is 1. The van der Waals surface area contributed by atoms with Crippen molar-refractivity contribution in [3.63, 3.8) is 0 Å². The van der Waals surface area contributed by atoms with Crippen LogP contribution >= 0.6 is 23.1 Å². The Labute approximate surface area is 142 Å². The van der Waals surface area contributed by atoms with Gasteiger partial charge in [-0.1, -0.05) is 11.8 Å². The molecular weight excluding hydrogens is 354 g/mol. The van der Waals surface area contributed by atoms with Gasteiger partial charge in [0.2, 0.25) is 0 Å². The second kappa shape index (κ2) is 5.77. The van der Waals surface area contributed by atoms with E-state index in [9.17, 15) is 8.42 Å². The lowest BCUT2D eigenvalue weighted by molar-refractivity contribution is 0.580. The summed E-state index contributed by atoms with van der Waals surface area (Å²) in [4.78, 5) is 0.750. The van der Waals surface area contributed by atoms with Crippen LogP contribution in [-0.2, 0) is 17.1 Å². The maximum Gasteiger partial charge on any atom is 0.292 e. The molecule has 3 aromatic heterocycles. The van der Waals surface area contributed by atoms with Crippen LogP contribution in [0.4, 0.5) is 0 Å². The molecule has 0 amide bonds. The number of hydrogen-bond acceptors (Lipinski definition) is 7. The standard InChI is InChI=1S/C13H15N5O2S3/c1-8-7-9(2)18(16-8)23(19,20)11-6-5-10(22-11)12-14-15-13(21-4)17(12)3/h5-7H,1-4H3. The minimum absolute atomic E-state index is 0.229. The van der Waals surface area contributed by atoms with E-state index in [1.165, 1.54) is 11.8 Å². The molecule has 0 unspecified atom stereocenters. The third kappa shape index (κ3) is 2.70. The van der Waals surface area contributed by atoms with Gasteiger partial charge in [-0.25, -0.2) is 0 Å². The molecule has 0 saturated heterocycles. The van der Waals surface area contributed by atoms with Crippen LogP contribution in [0, 0.1) is 13.8 Å². The van der Waals surface area contributed by atoms with Gasteiger partial charge in [0.1, 0.15) is 4.21 Å². The van der Waals surface area contributed by atoms with Crippen molar-refractivity contribution in [2.75, 3.05) is 6.26 Å². The Morgan fingerprint density at radius 2 is 1.96 bits per heavy atom. The zero-order valence-electron chi connectivity index (χ0n) is 13.0. The minimum Gasteiger partial charge on any atom is -0.305 e. The van der Waals surface area contributed by atoms with E-state index in [0.29, 0.717) is 17.2 Å². The Kier molecular flexibility index (Phi) is 4.07. The Morgan fingerprint density at radius 1 is 1.22 bits per heavy atom. The highest BCUT2D eigenvalue weighted by Gasteiger charge is 2.24. The summed E-state index contributed by atoms with van der Waals surface area (Å²) in [5.41, 5.74) is 1.25. The molecule has 0 radical (unpaired) electrons. The van der Waals surface area contributed by atoms with Crippen molar-refractivity contribution in [1.82, 2.24) is 24.0 Å². The molecule has 0 aliphatic heterocycles. The first-order valence-electron chi connectivity index (χ1n) is 6.67. The van der Waals surface area contributed by atoms with Gasteiger partial charge < -0.3 is 4.57 Å². The van der Waals surface area contributed by atoms with Crippen molar-refractivity contribution < 1.29 is 8.42 Å². The molecule has 0 aliphatic rings. The molecule has 122 valence electrons. The fourth-order valence-corrected chi connectivity index (χ4v) is 5.44. The van der Waals surface area contributed by atoms with Crippen LogP contribution in [0.5, 0.6) is 0 Å². The molecule has 3 heterocycles. The fourth-order valence-electron chi connectivity index (χ4n) is 2.22. The summed E-state index contributed by atoms with van der Waals surface area (Å²) in [6.07, 6.45) is 1.92. The molecule has 0 aliphatic carbocycles. The van der Waals surface area contributed by atoms with E-state index in [2.05, 4.69) is 15.3 Å². The summed E-state index contributed by atoms with van der Waals surface area (Å²) in [6, 6.07) is 5.07. The van der Waals surface area contributed by atoms with Crippen LogP contribution in [0.2, 0.25) is 0 Å². The lowest BCUT2D eigenvalue weighted by atomic mass is 10.4. The molecular formula is C13H15N5O2S3. The average molecular weight is 369 g/mol. The van der Waals surface area contributed by atoms with Crippen LogP contribution in [0.15, 0.2) is 27.6 Å². The molecule has 0 fully saturated rings. The van der Waals surface area contributed by atoms with Crippen molar-refractivity contribution in [1.29, 1.82) is 0 Å². The molecule has 0 atom stereocenters. The fraction of sp³-hybridized carbons (Fsp3) is 0.308. The van der Waals surface area contributed by atoms with E-state index in [4.69, 9.17) is 0 Å². The highest BCUT2D eigenvalue weighted by molar-refractivity contribution is 7.98. The normalized spacial score (nSPS) is 12.0. The summed E-state index contributed by atoms with van der Waals surface area (Å²) < 4.78 is 28.6. The van der Waals surface area contributed by atoms with Gasteiger partial charge in [0.25, 0.3) is 10.0 Å². The topological polar surface area (TPSA) is 82.7 Å². The van der Waals surface area contributed by atoms with Crippen LogP contribution < -0.4 is 0 Å². The predicted octanol–water partition coefficient (Wildman–Crippen LogP) is 2.32. The third-order valence-corrected chi connectivity index (χ3v) is 7.22. The first kappa shape index (κ1) is 16.2. The molecule has 0 N–H and O–H groups in total. The SMILES string of the molecule is CSc1nnc(-c2ccc(S(=O)(=O)n3nc(C)cc3C)s2)n1C. The lowest BCUT2D eigenvalue weighted by Crippen LogP contribution is -2.14. The van der Waals surface area contributed by atoms with Gasteiger partial charge in [-0.15, -0.1) is 21.5 Å². The average Bonchev–Trinajstić information content (AvgIpc) is 3.17. The summed E-state index contributed by atoms with van der Waals surface area (Å²) >= 11 is 2.65. The van der Waals surface area contributed by atoms with Crippen LogP contribution in [0.3, 0.4) is 0 Å². The van der Waals surface area contributed by atoms with Gasteiger partial charge in [-0.05, 0) is 38.3 Å². The summed E-state index contributed by atoms with van der Waals surface area (Å²) in [7, 11) is -1.83. The van der Waals surface area contributed by atoms with Crippen molar-refractivity contribution in [3.05, 3.63) is 29.6 Å². The molecule has 0 aromatic carbocycles. The van der Waals surface area contributed by atoms with Gasteiger partial charge >= 0.3 is 0 Å². The molecule has 0 saturated carbocycles. The highest BCUT2D eigenvalue weighted by atomic mass is 32.2. The summed E-state index contributed by atoms with van der Waals surface area (Å²) in [6.45, 7) is 3.49. The molecule has 3 rings (SSSR count). The van der Waals surface area contributed by atoms with Gasteiger partial charge in [0, 0.05) is 7.05 Å². The second-order valence-corrected chi connectivity index (χ2v) is 8.81. The molecule has 0 bridgehead atoms. The molecule has 0 spiro atoms. The Hall–Kier alpha value is -1.65. The van der Waals surface area contributed by atoms with Crippen molar-refractivity contribution in [3.8, 4) is 10.7 Å². The molecule has 3 aromatic rings. The summed E-state index contributed by atoms with van der Waals surface area (Å²) in [5, 5.41) is 13.1. The van der Waals surface area contributed by atoms with Crippen molar-refractivity contribution in [2.45, 2.75) is 23.2 Å². The number of aromatic nitrogens is 5. The van der Waals surface area contributed by atoms with E-state index in [0.717, 1.165) is 25.5 Å². The van der Waals surface area contributed by atoms with Crippen LogP contribution in [-0.4, -0.2) is 38.6 Å². The Morgan fingerprint density at radius 3 is 2.52 bits per heavy atom. The quantitative estimate of drug-likeness (QED) is 0.656. The lowest BCUT2D eigenvalue weighted by Gasteiger charge is -2.03. The van der Waals surface area contributed by atoms with E-state index in [1.807, 2.05) is 17.9 Å². The van der Waals surface area contributed by atoms with Gasteiger partial charge in [-0.3, -0.25) is 0 Å². The molecule has 10 heteroatoms. The maximum absolute atomic E-state index is 12.7. The maximum atomic E-state index is 12.7. The largest absolute Gasteiger partial charge is 0.305 e. The number of rotatable bonds is 4. The number of nitrogens with zero attached hydrogens (tertiary/aromatic N) is 5. The number of aryl methyl sites for hydroxylation is 2. The first-order valence-corrected chi connectivity index (χ1v) is 10.1. The van der Waals surface area contributed by atoms with Crippen LogP contribution in [0.1, 0.15) is 11.4 Å². The van der Waals surface area contributed by atoms with Crippen LogP contribution in [0.25, 0.3) is 10.7 Å². The molecule has 23 heavy (non-hydrogen) atoms. The minimum atomic E-state index is -3.69. The van der Waals surface area contributed by atoms with Gasteiger partial charge in [0.15, 0.2) is 11.0 Å². The third-order valence-electron chi connectivity index (χ3n) is 3.27. The zero-order valence-corrected chi connectivity index (χ0v) is 15.5. The summed E-state index contributed by atoms with van der Waals surface area (Å²) in [5.74, 6) is 0.647. The van der Waals surface area contributed by atoms with E-state index in [-0.39, 0.29) is 4.21 Å². The van der Waals surface area contributed by atoms with E-state index >= 15 is 0 Å². The smallest absolute Gasteiger partial charge is 0.292 e. The van der Waals surface area contributed by atoms with E-state index < -0.39 is 10.0 Å². The Bertz CT molecular complexity index is 968. The monoisotopic (exact) mass is 369 g/mol. The van der Waals surface area contributed by atoms with Gasteiger partial charge in [0.05, 0.1) is 16.3 Å². The number of hydrogen-bond donors (Lipinski definition) is 0. The number of thioether (sulfide) groups is 1. The second-order valence-electron chi connectivity index (χ2n) is 4.96.